The maximum Gasteiger partial charge on any atom is 0.460 e. The Morgan fingerprint density at radius 2 is 1.38 bits per heavy atom. The Morgan fingerprint density at radius 3 is 1.90 bits per heavy atom. The van der Waals surface area contributed by atoms with E-state index in [1.54, 1.807) is 12.1 Å². The molecule has 0 fully saturated rings. The van der Waals surface area contributed by atoms with E-state index in [0.29, 0.717) is 5.39 Å². The number of fused-ring (bicyclic) bond motifs is 1. The van der Waals surface area contributed by atoms with Gasteiger partial charge in [-0.2, -0.15) is 47.9 Å². The van der Waals surface area contributed by atoms with E-state index in [1.165, 1.54) is 25.1 Å². The largest absolute Gasteiger partial charge is 0.460 e. The smallest absolute Gasteiger partial charge is 0.378 e. The molecule has 0 saturated heterocycles. The fourth-order valence-corrected chi connectivity index (χ4v) is 3.39. The van der Waals surface area contributed by atoms with E-state index in [9.17, 15) is 47.9 Å². The lowest BCUT2D eigenvalue weighted by molar-refractivity contribution is -0.382. The Hall–Kier alpha value is -2.18. The molecule has 0 unspecified atom stereocenters. The van der Waals surface area contributed by atoms with Crippen molar-refractivity contribution in [2.24, 2.45) is 0 Å². The second kappa shape index (κ2) is 6.96. The molecule has 0 bridgehead atoms. The van der Waals surface area contributed by atoms with Crippen LogP contribution in [0.25, 0.3) is 10.8 Å². The monoisotopic (exact) mass is 454 g/mol. The summed E-state index contributed by atoms with van der Waals surface area (Å²) >= 11 is 0. The zero-order valence-electron chi connectivity index (χ0n) is 14.2. The summed E-state index contributed by atoms with van der Waals surface area (Å²) in [7, 11) is -6.98. The topological polar surface area (TPSA) is 43.4 Å². The van der Waals surface area contributed by atoms with Gasteiger partial charge in [-0.1, -0.05) is 37.3 Å². The molecule has 0 saturated carbocycles. The summed E-state index contributed by atoms with van der Waals surface area (Å²) in [5.74, 6) is -15.6. The predicted molar refractivity (Wildman–Crippen MR) is 83.8 cm³/mol. The summed E-state index contributed by atoms with van der Waals surface area (Å²) < 4.78 is 144. The quantitative estimate of drug-likeness (QED) is 0.426. The zero-order valence-corrected chi connectivity index (χ0v) is 15.0. The average molecular weight is 454 g/mol. The van der Waals surface area contributed by atoms with Gasteiger partial charge in [0.05, 0.1) is 0 Å². The highest BCUT2D eigenvalue weighted by molar-refractivity contribution is 7.88. The molecule has 0 radical (unpaired) electrons. The van der Waals surface area contributed by atoms with Crippen molar-refractivity contribution in [3.63, 3.8) is 0 Å². The molecule has 29 heavy (non-hydrogen) atoms. The van der Waals surface area contributed by atoms with Crippen LogP contribution in [0.1, 0.15) is 12.5 Å². The van der Waals surface area contributed by atoms with Gasteiger partial charge in [-0.15, -0.1) is 0 Å². The molecule has 3 nitrogen and oxygen atoms in total. The van der Waals surface area contributed by atoms with E-state index in [0.717, 1.165) is 6.07 Å². The van der Waals surface area contributed by atoms with Crippen molar-refractivity contribution >= 4 is 20.9 Å². The van der Waals surface area contributed by atoms with Gasteiger partial charge in [-0.3, -0.25) is 0 Å². The van der Waals surface area contributed by atoms with Gasteiger partial charge in [0.1, 0.15) is 5.75 Å². The van der Waals surface area contributed by atoms with Crippen molar-refractivity contribution in [1.29, 1.82) is 0 Å². The minimum atomic E-state index is -7.35. The highest BCUT2D eigenvalue weighted by Crippen LogP contribution is 2.55. The second-order valence-electron chi connectivity index (χ2n) is 5.82. The van der Waals surface area contributed by atoms with Crippen LogP contribution in [0, 0.1) is 0 Å². The van der Waals surface area contributed by atoms with E-state index in [4.69, 9.17) is 0 Å². The SMILES string of the molecule is CCc1c(OS(=O)(=O)C(F)(F)C(F)(F)C(F)(F)C(F)(F)F)ccc2ccccc12. The van der Waals surface area contributed by atoms with Crippen molar-refractivity contribution < 1.29 is 52.1 Å². The number of hydrogen-bond donors (Lipinski definition) is 0. The highest BCUT2D eigenvalue weighted by Gasteiger charge is 2.86. The second-order valence-corrected chi connectivity index (χ2v) is 7.41. The summed E-state index contributed by atoms with van der Waals surface area (Å²) in [5, 5.41) is -6.15. The molecule has 0 spiro atoms. The first-order chi connectivity index (χ1) is 13.0. The third kappa shape index (κ3) is 3.49. The minimum Gasteiger partial charge on any atom is -0.378 e. The molecule has 0 aromatic heterocycles. The fourth-order valence-electron chi connectivity index (χ4n) is 2.45. The Balaban J connectivity index is 2.57. The van der Waals surface area contributed by atoms with E-state index >= 15 is 0 Å². The number of benzene rings is 2. The van der Waals surface area contributed by atoms with Crippen molar-refractivity contribution in [2.75, 3.05) is 0 Å². The zero-order chi connectivity index (χ0) is 22.5. The van der Waals surface area contributed by atoms with Gasteiger partial charge in [0.25, 0.3) is 0 Å². The Morgan fingerprint density at radius 1 is 0.828 bits per heavy atom. The van der Waals surface area contributed by atoms with Gasteiger partial charge >= 0.3 is 33.4 Å². The van der Waals surface area contributed by atoms with Crippen LogP contribution in [0.15, 0.2) is 36.4 Å². The van der Waals surface area contributed by atoms with Crippen molar-refractivity contribution in [2.45, 2.75) is 36.6 Å². The average Bonchev–Trinajstić information content (AvgIpc) is 2.59. The van der Waals surface area contributed by atoms with Gasteiger partial charge in [0, 0.05) is 5.56 Å². The third-order valence-corrected chi connectivity index (χ3v) is 5.26. The Bertz CT molecular complexity index is 1010. The molecule has 0 N–H and O–H groups in total. The normalized spacial score (nSPS) is 14.3. The van der Waals surface area contributed by atoms with Gasteiger partial charge in [0.15, 0.2) is 0 Å². The molecule has 2 aromatic rings. The minimum absolute atomic E-state index is 0.0617. The lowest BCUT2D eigenvalue weighted by Crippen LogP contribution is -2.63. The molecule has 162 valence electrons. The van der Waals surface area contributed by atoms with Gasteiger partial charge in [0.2, 0.25) is 0 Å². The van der Waals surface area contributed by atoms with E-state index in [-0.39, 0.29) is 17.4 Å². The molecule has 0 aliphatic rings. The molecule has 0 aliphatic carbocycles. The summed E-state index contributed by atoms with van der Waals surface area (Å²) in [6.07, 6.45) is -7.21. The first-order valence-electron chi connectivity index (χ1n) is 7.66. The molecular weight excluding hydrogens is 443 g/mol. The lowest BCUT2D eigenvalue weighted by atomic mass is 10.0. The van der Waals surface area contributed by atoms with Crippen LogP contribution in [0.2, 0.25) is 0 Å². The molecule has 13 heteroatoms. The lowest BCUT2D eigenvalue weighted by Gasteiger charge is -2.32. The van der Waals surface area contributed by atoms with Crippen LogP contribution in [-0.2, 0) is 16.5 Å². The first-order valence-corrected chi connectivity index (χ1v) is 9.07. The maximum absolute atomic E-state index is 13.8. The van der Waals surface area contributed by atoms with Crippen molar-refractivity contribution in [3.05, 3.63) is 42.0 Å². The molecular formula is C16H11F9O3S. The van der Waals surface area contributed by atoms with Crippen LogP contribution < -0.4 is 4.18 Å². The standard InChI is InChI=1S/C16H11F9O3S/c1-2-10-11-6-4-3-5-9(11)7-8-12(10)28-29(26,27)16(24,25)14(19,20)13(17,18)15(21,22)23/h3-8H,2H2,1H3. The molecule has 0 aliphatic heterocycles. The van der Waals surface area contributed by atoms with E-state index in [1.807, 2.05) is 0 Å². The number of halogens is 9. The number of alkyl halides is 9. The predicted octanol–water partition coefficient (Wildman–Crippen LogP) is 5.54. The summed E-state index contributed by atoms with van der Waals surface area (Å²) in [5.41, 5.74) is -0.0617. The van der Waals surface area contributed by atoms with E-state index < -0.39 is 39.1 Å². The summed E-state index contributed by atoms with van der Waals surface area (Å²) in [6, 6.07) is 7.98. The van der Waals surface area contributed by atoms with Gasteiger partial charge < -0.3 is 4.18 Å². The van der Waals surface area contributed by atoms with Crippen molar-refractivity contribution in [3.8, 4) is 5.75 Å². The third-order valence-electron chi connectivity index (χ3n) is 3.98. The van der Waals surface area contributed by atoms with Crippen LogP contribution in [0.4, 0.5) is 39.5 Å². The number of rotatable bonds is 6. The molecule has 0 heterocycles. The Kier molecular flexibility index (Phi) is 5.54. The highest BCUT2D eigenvalue weighted by atomic mass is 32.2. The van der Waals surface area contributed by atoms with Crippen LogP contribution in [0.3, 0.4) is 0 Å². The van der Waals surface area contributed by atoms with Crippen molar-refractivity contribution in [1.82, 2.24) is 0 Å². The number of hydrogen-bond acceptors (Lipinski definition) is 3. The maximum atomic E-state index is 13.8. The van der Waals surface area contributed by atoms with Gasteiger partial charge in [-0.05, 0) is 23.3 Å². The molecule has 2 aromatic carbocycles. The van der Waals surface area contributed by atoms with Crippen LogP contribution in [-0.4, -0.2) is 31.7 Å². The molecule has 0 amide bonds. The fraction of sp³-hybridized carbons (Fsp3) is 0.375. The first kappa shape index (κ1) is 23.1. The summed E-state index contributed by atoms with van der Waals surface area (Å²) in [4.78, 5) is 0. The van der Waals surface area contributed by atoms with E-state index in [2.05, 4.69) is 4.18 Å². The van der Waals surface area contributed by atoms with Crippen LogP contribution in [0.5, 0.6) is 5.75 Å². The van der Waals surface area contributed by atoms with Crippen LogP contribution >= 0.6 is 0 Å². The Labute approximate surface area is 158 Å². The molecule has 2 rings (SSSR count). The summed E-state index contributed by atoms with van der Waals surface area (Å²) in [6.45, 7) is 1.42. The molecule has 0 atom stereocenters. The number of aryl methyl sites for hydroxylation is 1. The van der Waals surface area contributed by atoms with Gasteiger partial charge in [-0.25, -0.2) is 0 Å².